The number of ether oxygens (including phenoxy) is 1. The number of esters is 1. The lowest BCUT2D eigenvalue weighted by molar-refractivity contribution is -0.0232. The smallest absolute Gasteiger partial charge is 0.338 e. The van der Waals surface area contributed by atoms with Crippen molar-refractivity contribution in [1.29, 1.82) is 0 Å². The first kappa shape index (κ1) is 15.6. The molecule has 0 unspecified atom stereocenters. The van der Waals surface area contributed by atoms with E-state index in [1.54, 1.807) is 0 Å². The van der Waals surface area contributed by atoms with Crippen molar-refractivity contribution in [2.24, 2.45) is 11.8 Å². The van der Waals surface area contributed by atoms with Gasteiger partial charge in [-0.2, -0.15) is 0 Å². The number of hydrogen-bond acceptors (Lipinski definition) is 2. The maximum atomic E-state index is 12.5. The second-order valence-electron chi connectivity index (χ2n) is 7.03. The van der Waals surface area contributed by atoms with Crippen molar-refractivity contribution in [2.45, 2.75) is 70.3 Å². The molecule has 0 amide bonds. The molecule has 0 spiro atoms. The molecule has 0 bridgehead atoms. The summed E-state index contributed by atoms with van der Waals surface area (Å²) in [7, 11) is 0. The highest BCUT2D eigenvalue weighted by Crippen LogP contribution is 2.37. The van der Waals surface area contributed by atoms with Gasteiger partial charge in [-0.15, -0.1) is 0 Å². The largest absolute Gasteiger partial charge is 0.458 e. The van der Waals surface area contributed by atoms with Gasteiger partial charge < -0.3 is 4.74 Å². The highest BCUT2D eigenvalue weighted by Gasteiger charge is 2.34. The Hall–Kier alpha value is -1.31. The summed E-state index contributed by atoms with van der Waals surface area (Å²) >= 11 is 0. The predicted molar refractivity (Wildman–Crippen MR) is 88.8 cm³/mol. The van der Waals surface area contributed by atoms with E-state index in [4.69, 9.17) is 4.74 Å². The molecule has 0 radical (unpaired) electrons. The minimum absolute atomic E-state index is 0.123. The van der Waals surface area contributed by atoms with Crippen LogP contribution in [0.4, 0.5) is 0 Å². The second-order valence-corrected chi connectivity index (χ2v) is 7.03. The average molecular weight is 300 g/mol. The molecule has 0 heterocycles. The standard InChI is InChI=1S/C20H28O2/c21-20(18-14-8-3-9-15-18)22-19(16-10-4-1-5-11-16)17-12-6-2-7-13-17/h3,8-9,14-17,19H,1-2,4-7,10-13H2. The Morgan fingerprint density at radius 1 is 0.818 bits per heavy atom. The Labute approximate surface area is 134 Å². The van der Waals surface area contributed by atoms with Crippen molar-refractivity contribution >= 4 is 5.97 Å². The summed E-state index contributed by atoms with van der Waals surface area (Å²) < 4.78 is 6.08. The zero-order valence-electron chi connectivity index (χ0n) is 13.5. The van der Waals surface area contributed by atoms with E-state index in [2.05, 4.69) is 0 Å². The fourth-order valence-corrected chi connectivity index (χ4v) is 4.27. The summed E-state index contributed by atoms with van der Waals surface area (Å²) in [4.78, 5) is 12.5. The molecule has 1 aromatic rings. The molecule has 2 heteroatoms. The Morgan fingerprint density at radius 3 is 1.82 bits per heavy atom. The number of hydrogen-bond donors (Lipinski definition) is 0. The van der Waals surface area contributed by atoms with E-state index in [9.17, 15) is 4.79 Å². The van der Waals surface area contributed by atoms with Gasteiger partial charge in [0.1, 0.15) is 6.10 Å². The lowest BCUT2D eigenvalue weighted by Gasteiger charge is -2.37. The van der Waals surface area contributed by atoms with E-state index in [0.717, 1.165) is 0 Å². The van der Waals surface area contributed by atoms with E-state index in [1.807, 2.05) is 30.3 Å². The third-order valence-electron chi connectivity index (χ3n) is 5.48. The molecule has 3 rings (SSSR count). The van der Waals surface area contributed by atoms with Gasteiger partial charge in [-0.05, 0) is 49.7 Å². The highest BCUT2D eigenvalue weighted by atomic mass is 16.5. The summed E-state index contributed by atoms with van der Waals surface area (Å²) in [5.74, 6) is 1.05. The SMILES string of the molecule is O=C(OC(C1CCCCC1)C1CCCCC1)c1ccccc1. The van der Waals surface area contributed by atoms with Crippen molar-refractivity contribution < 1.29 is 9.53 Å². The lowest BCUT2D eigenvalue weighted by Crippen LogP contribution is -2.36. The molecule has 0 atom stereocenters. The van der Waals surface area contributed by atoms with Gasteiger partial charge in [0.15, 0.2) is 0 Å². The Kier molecular flexibility index (Phi) is 5.53. The molecule has 0 N–H and O–H groups in total. The Balaban J connectivity index is 1.71. The van der Waals surface area contributed by atoms with Crippen LogP contribution in [0.2, 0.25) is 0 Å². The normalized spacial score (nSPS) is 21.0. The van der Waals surface area contributed by atoms with Crippen molar-refractivity contribution in [2.75, 3.05) is 0 Å². The van der Waals surface area contributed by atoms with Crippen LogP contribution in [0.25, 0.3) is 0 Å². The quantitative estimate of drug-likeness (QED) is 0.698. The number of rotatable bonds is 4. The monoisotopic (exact) mass is 300 g/mol. The van der Waals surface area contributed by atoms with Gasteiger partial charge in [-0.25, -0.2) is 4.79 Å². The molecule has 2 saturated carbocycles. The van der Waals surface area contributed by atoms with Gasteiger partial charge in [0.25, 0.3) is 0 Å². The van der Waals surface area contributed by atoms with Crippen LogP contribution >= 0.6 is 0 Å². The van der Waals surface area contributed by atoms with Crippen LogP contribution in [-0.2, 0) is 4.74 Å². The number of carbonyl (C=O) groups excluding carboxylic acids is 1. The Bertz CT molecular complexity index is 438. The molecule has 0 aromatic heterocycles. The number of carbonyl (C=O) groups is 1. The minimum atomic E-state index is -0.123. The maximum Gasteiger partial charge on any atom is 0.338 e. The molecular formula is C20H28O2. The van der Waals surface area contributed by atoms with Gasteiger partial charge >= 0.3 is 5.97 Å². The van der Waals surface area contributed by atoms with E-state index < -0.39 is 0 Å². The van der Waals surface area contributed by atoms with Crippen LogP contribution in [0, 0.1) is 11.8 Å². The first-order valence-electron chi connectivity index (χ1n) is 9.10. The molecule has 2 nitrogen and oxygen atoms in total. The molecule has 0 aliphatic heterocycles. The van der Waals surface area contributed by atoms with E-state index in [0.29, 0.717) is 17.4 Å². The van der Waals surface area contributed by atoms with Crippen molar-refractivity contribution in [3.8, 4) is 0 Å². The molecule has 22 heavy (non-hydrogen) atoms. The number of benzene rings is 1. The molecule has 120 valence electrons. The van der Waals surface area contributed by atoms with Gasteiger partial charge in [0.05, 0.1) is 5.56 Å². The fraction of sp³-hybridized carbons (Fsp3) is 0.650. The summed E-state index contributed by atoms with van der Waals surface area (Å²) in [5, 5.41) is 0. The third kappa shape index (κ3) is 3.91. The summed E-state index contributed by atoms with van der Waals surface area (Å²) in [6.07, 6.45) is 13.0. The van der Waals surface area contributed by atoms with Gasteiger partial charge in [-0.3, -0.25) is 0 Å². The van der Waals surface area contributed by atoms with Crippen molar-refractivity contribution in [1.82, 2.24) is 0 Å². The first-order chi connectivity index (χ1) is 10.8. The van der Waals surface area contributed by atoms with Gasteiger partial charge in [0, 0.05) is 0 Å². The first-order valence-corrected chi connectivity index (χ1v) is 9.10. The van der Waals surface area contributed by atoms with E-state index in [1.165, 1.54) is 64.2 Å². The highest BCUT2D eigenvalue weighted by molar-refractivity contribution is 5.89. The molecule has 2 fully saturated rings. The minimum Gasteiger partial charge on any atom is -0.458 e. The van der Waals surface area contributed by atoms with Crippen LogP contribution < -0.4 is 0 Å². The summed E-state index contributed by atoms with van der Waals surface area (Å²) in [6, 6.07) is 9.48. The average Bonchev–Trinajstić information content (AvgIpc) is 2.62. The topological polar surface area (TPSA) is 26.3 Å². The van der Waals surface area contributed by atoms with Gasteiger partial charge in [-0.1, -0.05) is 56.7 Å². The van der Waals surface area contributed by atoms with Crippen LogP contribution in [0.15, 0.2) is 30.3 Å². The summed E-state index contributed by atoms with van der Waals surface area (Å²) in [5.41, 5.74) is 0.694. The molecule has 1 aromatic carbocycles. The summed E-state index contributed by atoms with van der Waals surface area (Å²) in [6.45, 7) is 0. The second kappa shape index (κ2) is 7.80. The van der Waals surface area contributed by atoms with Crippen LogP contribution in [-0.4, -0.2) is 12.1 Å². The Morgan fingerprint density at radius 2 is 1.32 bits per heavy atom. The predicted octanol–water partition coefficient (Wildman–Crippen LogP) is 5.37. The molecule has 2 aliphatic rings. The van der Waals surface area contributed by atoms with E-state index >= 15 is 0 Å². The maximum absolute atomic E-state index is 12.5. The van der Waals surface area contributed by atoms with Crippen LogP contribution in [0.3, 0.4) is 0 Å². The zero-order chi connectivity index (χ0) is 15.2. The van der Waals surface area contributed by atoms with Crippen LogP contribution in [0.5, 0.6) is 0 Å². The van der Waals surface area contributed by atoms with E-state index in [-0.39, 0.29) is 12.1 Å². The third-order valence-corrected chi connectivity index (χ3v) is 5.48. The fourth-order valence-electron chi connectivity index (χ4n) is 4.27. The van der Waals surface area contributed by atoms with Crippen molar-refractivity contribution in [3.63, 3.8) is 0 Å². The van der Waals surface area contributed by atoms with Crippen LogP contribution in [0.1, 0.15) is 74.6 Å². The lowest BCUT2D eigenvalue weighted by atomic mass is 9.75. The molecule has 0 saturated heterocycles. The molecule has 2 aliphatic carbocycles. The zero-order valence-corrected chi connectivity index (χ0v) is 13.5. The van der Waals surface area contributed by atoms with Crippen molar-refractivity contribution in [3.05, 3.63) is 35.9 Å². The molecular weight excluding hydrogens is 272 g/mol. The van der Waals surface area contributed by atoms with Gasteiger partial charge in [0.2, 0.25) is 0 Å².